The Morgan fingerprint density at radius 1 is 1.18 bits per heavy atom. The molecule has 0 spiro atoms. The fraction of sp³-hybridized carbons (Fsp3) is 0.143. The van der Waals surface area contributed by atoms with Crippen molar-refractivity contribution in [2.45, 2.75) is 13.5 Å². The van der Waals surface area contributed by atoms with Crippen LogP contribution in [0.1, 0.15) is 11.1 Å². The number of rotatable bonds is 3. The quantitative estimate of drug-likeness (QED) is 0.794. The van der Waals surface area contributed by atoms with Gasteiger partial charge < -0.3 is 11.1 Å². The molecular formula is C14H15FN2. The molecule has 2 rings (SSSR count). The molecular weight excluding hydrogens is 215 g/mol. The molecule has 0 aromatic heterocycles. The molecule has 17 heavy (non-hydrogen) atoms. The van der Waals surface area contributed by atoms with Crippen LogP contribution in [0, 0.1) is 12.7 Å². The van der Waals surface area contributed by atoms with E-state index in [1.165, 1.54) is 6.07 Å². The van der Waals surface area contributed by atoms with E-state index in [2.05, 4.69) is 5.32 Å². The van der Waals surface area contributed by atoms with Crippen molar-refractivity contribution in [1.29, 1.82) is 0 Å². The van der Waals surface area contributed by atoms with Crippen LogP contribution in [0.3, 0.4) is 0 Å². The number of nitrogen functional groups attached to an aromatic ring is 1. The molecule has 0 aliphatic heterocycles. The molecule has 0 bridgehead atoms. The molecule has 0 aliphatic rings. The molecule has 0 atom stereocenters. The molecule has 0 radical (unpaired) electrons. The van der Waals surface area contributed by atoms with Crippen molar-refractivity contribution in [3.63, 3.8) is 0 Å². The van der Waals surface area contributed by atoms with Gasteiger partial charge >= 0.3 is 0 Å². The molecule has 2 nitrogen and oxygen atoms in total. The molecule has 0 saturated heterocycles. The van der Waals surface area contributed by atoms with Crippen LogP contribution in [0.15, 0.2) is 42.5 Å². The first-order chi connectivity index (χ1) is 8.16. The van der Waals surface area contributed by atoms with Crippen molar-refractivity contribution in [1.82, 2.24) is 0 Å². The van der Waals surface area contributed by atoms with E-state index in [1.807, 2.05) is 31.2 Å². The Bertz CT molecular complexity index is 523. The summed E-state index contributed by atoms with van der Waals surface area (Å²) in [6.45, 7) is 2.44. The first kappa shape index (κ1) is 11.5. The summed E-state index contributed by atoms with van der Waals surface area (Å²) in [5.74, 6) is -0.193. The Labute approximate surface area is 100 Å². The van der Waals surface area contributed by atoms with Gasteiger partial charge in [0.2, 0.25) is 0 Å². The van der Waals surface area contributed by atoms with E-state index in [1.54, 1.807) is 12.1 Å². The lowest BCUT2D eigenvalue weighted by Crippen LogP contribution is -2.03. The first-order valence-corrected chi connectivity index (χ1v) is 5.50. The summed E-state index contributed by atoms with van der Waals surface area (Å²) < 4.78 is 13.4. The Balaban J connectivity index is 2.12. The monoisotopic (exact) mass is 230 g/mol. The van der Waals surface area contributed by atoms with Crippen LogP contribution >= 0.6 is 0 Å². The fourth-order valence-electron chi connectivity index (χ4n) is 1.66. The van der Waals surface area contributed by atoms with Gasteiger partial charge in [-0.25, -0.2) is 4.39 Å². The highest BCUT2D eigenvalue weighted by molar-refractivity contribution is 5.59. The second kappa shape index (κ2) is 4.87. The van der Waals surface area contributed by atoms with Crippen molar-refractivity contribution in [2.75, 3.05) is 11.1 Å². The van der Waals surface area contributed by atoms with Gasteiger partial charge in [0.15, 0.2) is 0 Å². The van der Waals surface area contributed by atoms with E-state index in [9.17, 15) is 4.39 Å². The van der Waals surface area contributed by atoms with Gasteiger partial charge in [0, 0.05) is 23.5 Å². The van der Waals surface area contributed by atoms with Crippen LogP contribution in [0.25, 0.3) is 0 Å². The van der Waals surface area contributed by atoms with Crippen LogP contribution in [0.4, 0.5) is 15.8 Å². The van der Waals surface area contributed by atoms with E-state index in [4.69, 9.17) is 5.73 Å². The molecule has 0 saturated carbocycles. The van der Waals surface area contributed by atoms with Crippen LogP contribution in [-0.4, -0.2) is 0 Å². The maximum absolute atomic E-state index is 13.4. The summed E-state index contributed by atoms with van der Waals surface area (Å²) in [6.07, 6.45) is 0. The van der Waals surface area contributed by atoms with Crippen molar-refractivity contribution in [2.24, 2.45) is 0 Å². The second-order valence-corrected chi connectivity index (χ2v) is 4.02. The van der Waals surface area contributed by atoms with E-state index in [0.29, 0.717) is 17.8 Å². The molecule has 3 heteroatoms. The standard InChI is InChI=1S/C14H15FN2/c1-10-6-7-12(16)8-14(10)17-9-11-4-2-3-5-13(11)15/h2-8,17H,9,16H2,1H3. The fourth-order valence-corrected chi connectivity index (χ4v) is 1.66. The molecule has 0 unspecified atom stereocenters. The van der Waals surface area contributed by atoms with Gasteiger partial charge in [-0.05, 0) is 30.7 Å². The average Bonchev–Trinajstić information content (AvgIpc) is 2.32. The highest BCUT2D eigenvalue weighted by Crippen LogP contribution is 2.19. The lowest BCUT2D eigenvalue weighted by atomic mass is 10.1. The minimum atomic E-state index is -0.193. The largest absolute Gasteiger partial charge is 0.399 e. The van der Waals surface area contributed by atoms with Crippen molar-refractivity contribution < 1.29 is 4.39 Å². The number of hydrogen-bond acceptors (Lipinski definition) is 2. The Morgan fingerprint density at radius 3 is 2.71 bits per heavy atom. The van der Waals surface area contributed by atoms with Gasteiger partial charge in [0.05, 0.1) is 0 Å². The highest BCUT2D eigenvalue weighted by Gasteiger charge is 2.02. The number of benzene rings is 2. The zero-order valence-electron chi connectivity index (χ0n) is 9.70. The number of aryl methyl sites for hydroxylation is 1. The molecule has 2 aromatic carbocycles. The van der Waals surface area contributed by atoms with Gasteiger partial charge in [-0.15, -0.1) is 0 Å². The van der Waals surface area contributed by atoms with E-state index >= 15 is 0 Å². The number of hydrogen-bond donors (Lipinski definition) is 2. The smallest absolute Gasteiger partial charge is 0.128 e. The minimum Gasteiger partial charge on any atom is -0.399 e. The lowest BCUT2D eigenvalue weighted by molar-refractivity contribution is 0.613. The first-order valence-electron chi connectivity index (χ1n) is 5.50. The summed E-state index contributed by atoms with van der Waals surface area (Å²) in [7, 11) is 0. The molecule has 0 fully saturated rings. The maximum Gasteiger partial charge on any atom is 0.128 e. The minimum absolute atomic E-state index is 0.193. The van der Waals surface area contributed by atoms with Gasteiger partial charge in [0.1, 0.15) is 5.82 Å². The Hall–Kier alpha value is -2.03. The third-order valence-corrected chi connectivity index (χ3v) is 2.69. The van der Waals surface area contributed by atoms with Gasteiger partial charge in [0.25, 0.3) is 0 Å². The molecule has 0 heterocycles. The maximum atomic E-state index is 13.4. The number of nitrogens with one attached hydrogen (secondary N) is 1. The normalized spacial score (nSPS) is 10.2. The predicted molar refractivity (Wildman–Crippen MR) is 69.3 cm³/mol. The third kappa shape index (κ3) is 2.75. The van der Waals surface area contributed by atoms with Crippen molar-refractivity contribution in [3.05, 3.63) is 59.4 Å². The molecule has 3 N–H and O–H groups in total. The van der Waals surface area contributed by atoms with E-state index in [0.717, 1.165) is 11.3 Å². The average molecular weight is 230 g/mol. The summed E-state index contributed by atoms with van der Waals surface area (Å²) in [4.78, 5) is 0. The topological polar surface area (TPSA) is 38.0 Å². The van der Waals surface area contributed by atoms with Crippen LogP contribution in [0.5, 0.6) is 0 Å². The number of anilines is 2. The van der Waals surface area contributed by atoms with Gasteiger partial charge in [-0.3, -0.25) is 0 Å². The van der Waals surface area contributed by atoms with Crippen LogP contribution < -0.4 is 11.1 Å². The zero-order chi connectivity index (χ0) is 12.3. The summed E-state index contributed by atoms with van der Waals surface area (Å²) in [6, 6.07) is 12.4. The second-order valence-electron chi connectivity index (χ2n) is 4.02. The summed E-state index contributed by atoms with van der Waals surface area (Å²) in [5.41, 5.74) is 9.09. The Morgan fingerprint density at radius 2 is 1.94 bits per heavy atom. The highest BCUT2D eigenvalue weighted by atomic mass is 19.1. The molecule has 0 amide bonds. The van der Waals surface area contributed by atoms with Crippen LogP contribution in [-0.2, 0) is 6.54 Å². The predicted octanol–water partition coefficient (Wildman–Crippen LogP) is 3.33. The summed E-state index contributed by atoms with van der Waals surface area (Å²) in [5, 5.41) is 3.19. The third-order valence-electron chi connectivity index (χ3n) is 2.69. The molecule has 0 aliphatic carbocycles. The van der Waals surface area contributed by atoms with E-state index < -0.39 is 0 Å². The lowest BCUT2D eigenvalue weighted by Gasteiger charge is -2.10. The van der Waals surface area contributed by atoms with Crippen molar-refractivity contribution in [3.8, 4) is 0 Å². The van der Waals surface area contributed by atoms with Crippen molar-refractivity contribution >= 4 is 11.4 Å². The summed E-state index contributed by atoms with van der Waals surface area (Å²) >= 11 is 0. The number of halogens is 1. The van der Waals surface area contributed by atoms with Gasteiger partial charge in [-0.1, -0.05) is 24.3 Å². The van der Waals surface area contributed by atoms with Gasteiger partial charge in [-0.2, -0.15) is 0 Å². The SMILES string of the molecule is Cc1ccc(N)cc1NCc1ccccc1F. The Kier molecular flexibility index (Phi) is 3.28. The number of nitrogens with two attached hydrogens (primary N) is 1. The molecule has 88 valence electrons. The zero-order valence-corrected chi connectivity index (χ0v) is 9.70. The molecule has 2 aromatic rings. The van der Waals surface area contributed by atoms with E-state index in [-0.39, 0.29) is 5.82 Å². The van der Waals surface area contributed by atoms with Crippen LogP contribution in [0.2, 0.25) is 0 Å².